The number of nitrogens with zero attached hydrogens (tertiary/aromatic N) is 4. The zero-order chi connectivity index (χ0) is 103. The predicted octanol–water partition coefficient (Wildman–Crippen LogP) is 26.7. The number of aliphatic hydroxyl groups is 1. The van der Waals surface area contributed by atoms with E-state index in [1.165, 1.54) is 60.8 Å². The fourth-order valence-corrected chi connectivity index (χ4v) is 8.97. The molecule has 1 aliphatic rings. The molecule has 1 aliphatic heterocycles. The maximum absolute atomic E-state index is 12.4. The number of aryl methyl sites for hydroxylation is 1. The maximum atomic E-state index is 12.4. The molecule has 22 nitrogen and oxygen atoms in total. The van der Waals surface area contributed by atoms with Crippen molar-refractivity contribution in [1.29, 1.82) is 0 Å². The van der Waals surface area contributed by atoms with E-state index < -0.39 is 50.2 Å². The molecular weight excluding hydrogens is 2190 g/mol. The van der Waals surface area contributed by atoms with Gasteiger partial charge in [-0.05, 0) is 146 Å². The van der Waals surface area contributed by atoms with Crippen LogP contribution in [0.2, 0.25) is 0 Å². The number of aliphatic hydroxyl groups excluding tert-OH is 1. The number of pyridine rings is 3. The molecule has 0 unspecified atom stereocenters. The van der Waals surface area contributed by atoms with E-state index in [1.807, 2.05) is 102 Å². The summed E-state index contributed by atoms with van der Waals surface area (Å²) in [5.41, 5.74) is 4.49. The van der Waals surface area contributed by atoms with Crippen molar-refractivity contribution in [1.82, 2.24) is 26.1 Å². The summed E-state index contributed by atoms with van der Waals surface area (Å²) in [6, 6.07) is 34.6. The van der Waals surface area contributed by atoms with Gasteiger partial charge < -0.3 is 51.5 Å². The average molecular weight is 2350 g/mol. The molecule has 0 aliphatic carbocycles. The number of halogens is 12. The number of aromatic amines is 1. The molecule has 1 fully saturated rings. The first kappa shape index (κ1) is 151. The van der Waals surface area contributed by atoms with Crippen molar-refractivity contribution >= 4 is 176 Å². The molecule has 6 heterocycles. The van der Waals surface area contributed by atoms with E-state index in [-0.39, 0.29) is 135 Å². The first-order valence-corrected chi connectivity index (χ1v) is 50.2. The normalized spacial score (nSPS) is 12.2. The number of allylic oxidation sites excluding steroid dienone is 3. The number of alkyl halides is 6. The number of H-pyrrole nitrogens is 1. The summed E-state index contributed by atoms with van der Waals surface area (Å²) in [6.07, 6.45) is 1.85. The Hall–Kier alpha value is -5.69. The van der Waals surface area contributed by atoms with Gasteiger partial charge >= 0.3 is 44.3 Å². The molecule has 1 saturated heterocycles. The van der Waals surface area contributed by atoms with Crippen LogP contribution < -0.4 is 41.3 Å². The molecule has 0 amide bonds. The van der Waals surface area contributed by atoms with Gasteiger partial charge in [0.05, 0.1) is 63.9 Å². The standard InChI is InChI=1S/C17H13IN2S.C15H24BNO2.C10H13F3O3.C9H12BrN.C9H13NO.C9H12O2.C5H9ClO.C5H10O2.C5H8O2.C2HF3O.2C2H6.CH4S.4CH4.Br3OP.Li.H3N.H2O.H/c1-12-16(18)21-17(19-12)20-15(13-8-4-2-5-9-13)14-10-6-3-7-11-14;1-13(2,3)12-10-11(8-9-17-12)16-18-14(4,5)15(6,7)19-16;1-9(2,10(11,12)13)8(15)6-7(14)4-5-16-3;1-9(2,3)8-6-7(10)4-5-11-8;1-9(2,3)8-6-7(11)4-5-10-8;1-9(2,3)8-6-7(10)4-5-11-8;2*1-5(2,3)4(6)7;1-5(6)3-4-7-2;3-2(4,5)1-6;3*1-2;;;;;1-5(2,3)4;;;;/h2-11H,1H3;8-10H,1-7H3;4-6,14H,1-3H3;4-6H,1-3H3;4-6H,1-3H3,(H,10,11);4-6H,1-3H3;1-3H3;1-3H3,(H,6,7);3-4H,1-2H3;1H;2*1-2H3;2H,1H3;4*1H4;;;1H3;1H2;/q;;;;;;;;;;;;;;;;;;+1;;;-1/b;;5-4+,7-6+;;;;;;4-3+;;;;;;;;;;;;;/i;;;;;;;;;;1D;;1D;;;;;;;;;. The number of ether oxygens (including phenoxy) is 2. The molecule has 39 heteroatoms. The molecule has 0 saturated carbocycles. The number of carbonyl (C=O) groups is 5. The minimum Gasteiger partial charge on any atom is -1.00 e. The summed E-state index contributed by atoms with van der Waals surface area (Å²) in [5, 5.41) is 17.9. The smallest absolute Gasteiger partial charge is 1.00 e. The number of thiazole rings is 1. The molecule has 0 bridgehead atoms. The minimum absolute atomic E-state index is 0. The number of aldehydes is 1. The molecule has 5 aromatic heterocycles. The first-order chi connectivity index (χ1) is 58.4. The number of rotatable bonds is 10. The third-order valence-electron chi connectivity index (χ3n) is 15.4. The summed E-state index contributed by atoms with van der Waals surface area (Å²) >= 11 is 24.2. The van der Waals surface area contributed by atoms with Crippen LogP contribution in [0.1, 0.15) is 274 Å². The number of hydrogen-bond donors (Lipinski definition) is 5. The van der Waals surface area contributed by atoms with Crippen LogP contribution in [0.25, 0.3) is 0 Å². The van der Waals surface area contributed by atoms with Gasteiger partial charge in [0, 0.05) is 170 Å². The fourth-order valence-electron chi connectivity index (χ4n) is 7.26. The molecule has 8 rings (SSSR count). The third-order valence-corrected chi connectivity index (χ3v) is 18.7. The van der Waals surface area contributed by atoms with E-state index in [4.69, 9.17) is 48.1 Å². The van der Waals surface area contributed by atoms with Gasteiger partial charge in [-0.1, -0.05) is 249 Å². The van der Waals surface area contributed by atoms with Crippen LogP contribution in [0.5, 0.6) is 0 Å². The zero-order valence-electron chi connectivity index (χ0n) is 83.7. The molecular formula is C95H153BBr4ClF6ILiN6O16PS2. The summed E-state index contributed by atoms with van der Waals surface area (Å²) in [5.74, 6) is -1.85. The number of aliphatic carboxylic acids is 1. The number of methoxy groups -OCH3 is 2. The SMILES string of the molecule is C.C.C.C.CC.CC(C)(C)C(=O)Cl.CC(C)(C)C(=O)O.CC(C)(C)c1cc(=O)cc[nH]1.CC(C)(C)c1cc(=O)cco1.CC(C)(C)c1cc(B2OC(C)(C)C(C)(C)O2)ccn1.CC(C)(C)c1cc(Br)ccn1.CO/C=C/C(C)=O.CO/C=C/C(O)=C\C(=O)C(C)(C)C(F)(F)F.Cc1nc(N=C(c2ccccc2)c2ccccc2)sc1I.N.O.O=CC(F)(F)F.O=P(Br)(Br)Br.[2H]CC.[2H]CS.[H-].[Li+]. The van der Waals surface area contributed by atoms with Gasteiger partial charge in [-0.2, -0.15) is 39.0 Å². The molecule has 0 spiro atoms. The molecule has 7 aromatic rings. The van der Waals surface area contributed by atoms with Crippen LogP contribution in [0.4, 0.5) is 31.5 Å². The Morgan fingerprint density at radius 3 is 1.31 bits per heavy atom. The monoisotopic (exact) mass is 2340 g/mol. The number of benzene rings is 2. The quantitative estimate of drug-likeness (QED) is 0.00726. The van der Waals surface area contributed by atoms with Gasteiger partial charge in [-0.15, -0.1) is 0 Å². The van der Waals surface area contributed by atoms with Gasteiger partial charge in [0.2, 0.25) is 16.7 Å². The van der Waals surface area contributed by atoms with Crippen LogP contribution in [-0.2, 0) is 69.0 Å². The van der Waals surface area contributed by atoms with Crippen LogP contribution in [0.3, 0.4) is 0 Å². The number of ketones is 2. The van der Waals surface area contributed by atoms with Gasteiger partial charge in [0.1, 0.15) is 16.9 Å². The van der Waals surface area contributed by atoms with Gasteiger partial charge in [-0.25, -0.2) is 9.98 Å². The van der Waals surface area contributed by atoms with Crippen LogP contribution in [0.15, 0.2) is 194 Å². The molecule has 2 aromatic carbocycles. The summed E-state index contributed by atoms with van der Waals surface area (Å²) in [7, 11) is 2.49. The van der Waals surface area contributed by atoms with E-state index in [1.54, 1.807) is 72.1 Å². The van der Waals surface area contributed by atoms with Crippen LogP contribution >= 0.6 is 124 Å². The molecule has 8 N–H and O–H groups in total. The van der Waals surface area contributed by atoms with Crippen LogP contribution in [-0.4, -0.2) is 122 Å². The van der Waals surface area contributed by atoms with Crippen LogP contribution in [0, 0.1) is 26.1 Å². The van der Waals surface area contributed by atoms with Crippen molar-refractivity contribution in [2.24, 2.45) is 21.2 Å². The summed E-state index contributed by atoms with van der Waals surface area (Å²) in [4.78, 5) is 93.1. The number of carboxylic acids is 1. The van der Waals surface area contributed by atoms with Crippen molar-refractivity contribution in [3.8, 4) is 0 Å². The van der Waals surface area contributed by atoms with Crippen molar-refractivity contribution in [3.05, 3.63) is 238 Å². The predicted molar refractivity (Wildman–Crippen MR) is 573 cm³/mol. The number of thiol groups is 1. The second-order valence-corrected chi connectivity index (χ2v) is 56.0. The maximum Gasteiger partial charge on any atom is 1.00 e. The Balaban J connectivity index is -0.000000102. The number of nitrogens with one attached hydrogen (secondary N) is 1. The van der Waals surface area contributed by atoms with Gasteiger partial charge in [-0.3, -0.25) is 48.1 Å². The van der Waals surface area contributed by atoms with Gasteiger partial charge in [0.25, 0.3) is 3.25 Å². The largest absolute Gasteiger partial charge is 1.00 e. The number of aliphatic imine (C=N–C) groups is 1. The van der Waals surface area contributed by atoms with E-state index in [2.05, 4.69) is 253 Å². The third kappa shape index (κ3) is 74.4. The van der Waals surface area contributed by atoms with E-state index >= 15 is 0 Å². The number of hydrogen-bond acceptors (Lipinski definition) is 21. The average Bonchev–Trinajstić information content (AvgIpc) is 1.62. The van der Waals surface area contributed by atoms with Crippen molar-refractivity contribution in [3.63, 3.8) is 0 Å². The second kappa shape index (κ2) is 74.3. The topological polar surface area (TPSA) is 360 Å². The minimum atomic E-state index is -4.66. The summed E-state index contributed by atoms with van der Waals surface area (Å²) in [6.45, 7) is 55.0. The molecule has 0 atom stereocenters. The van der Waals surface area contributed by atoms with E-state index in [0.717, 1.165) is 86.6 Å². The zero-order valence-corrected chi connectivity index (χ0v) is 92.6. The fraction of sp³-hybridized carbons (Fsp3) is 0.505. The van der Waals surface area contributed by atoms with E-state index in [9.17, 15) is 59.7 Å². The van der Waals surface area contributed by atoms with Crippen molar-refractivity contribution in [2.45, 2.75) is 283 Å². The van der Waals surface area contributed by atoms with Crippen molar-refractivity contribution < 1.29 is 117 Å². The number of carbonyl (C=O) groups excluding carboxylic acids is 4. The number of carboxylic acid groups (broad SMARTS) is 1. The molecule has 764 valence electrons. The first-order valence-electron chi connectivity index (χ1n) is 40.2. The summed E-state index contributed by atoms with van der Waals surface area (Å²) < 4.78 is 117. The Morgan fingerprint density at radius 1 is 0.672 bits per heavy atom. The Morgan fingerprint density at radius 2 is 1.04 bits per heavy atom. The molecule has 134 heavy (non-hydrogen) atoms. The van der Waals surface area contributed by atoms with Crippen molar-refractivity contribution in [2.75, 3.05) is 20.5 Å². The second-order valence-electron chi connectivity index (χ2n) is 33.6. The van der Waals surface area contributed by atoms with E-state index in [0.29, 0.717) is 13.0 Å². The Bertz CT molecular complexity index is 4570. The molecule has 0 radical (unpaired) electrons. The number of aromatic nitrogens is 4. The van der Waals surface area contributed by atoms with Gasteiger partial charge in [0.15, 0.2) is 22.4 Å². The Labute approximate surface area is 873 Å². The Kier molecular flexibility index (Phi) is 83.8.